The standard InChI is InChI=1S/C6H13N/c1-5(2)6(3)7-4/h5,7H,3H2,1-2,4H3. The summed E-state index contributed by atoms with van der Waals surface area (Å²) < 4.78 is 0. The summed E-state index contributed by atoms with van der Waals surface area (Å²) in [6.07, 6.45) is 0. The lowest BCUT2D eigenvalue weighted by Crippen LogP contribution is -2.09. The second-order valence-corrected chi connectivity index (χ2v) is 1.93. The predicted octanol–water partition coefficient (Wildman–Crippen LogP) is 1.38. The molecule has 0 rings (SSSR count). The minimum atomic E-state index is 0.560. The highest BCUT2D eigenvalue weighted by atomic mass is 14.8. The fourth-order valence-corrected chi connectivity index (χ4v) is 0.289. The molecule has 42 valence electrons. The third-order valence-corrected chi connectivity index (χ3v) is 1.02. The highest BCUT2D eigenvalue weighted by Crippen LogP contribution is 1.99. The molecule has 0 aromatic heterocycles. The van der Waals surface area contributed by atoms with Gasteiger partial charge in [0, 0.05) is 12.7 Å². The average molecular weight is 99.2 g/mol. The van der Waals surface area contributed by atoms with Crippen LogP contribution in [0, 0.1) is 5.92 Å². The van der Waals surface area contributed by atoms with Crippen molar-refractivity contribution < 1.29 is 0 Å². The van der Waals surface area contributed by atoms with E-state index < -0.39 is 0 Å². The second-order valence-electron chi connectivity index (χ2n) is 1.93. The van der Waals surface area contributed by atoms with Crippen molar-refractivity contribution >= 4 is 0 Å². The zero-order chi connectivity index (χ0) is 5.86. The lowest BCUT2D eigenvalue weighted by molar-refractivity contribution is 0.704. The topological polar surface area (TPSA) is 12.0 Å². The third kappa shape index (κ3) is 2.26. The molecule has 1 nitrogen and oxygen atoms in total. The Labute approximate surface area is 45.4 Å². The Morgan fingerprint density at radius 3 is 2.00 bits per heavy atom. The predicted molar refractivity (Wildman–Crippen MR) is 33.0 cm³/mol. The fraction of sp³-hybridized carbons (Fsp3) is 0.667. The van der Waals surface area contributed by atoms with Gasteiger partial charge in [-0.3, -0.25) is 0 Å². The van der Waals surface area contributed by atoms with Crippen LogP contribution < -0.4 is 5.32 Å². The maximum Gasteiger partial charge on any atom is 0.00570 e. The first kappa shape index (κ1) is 6.54. The summed E-state index contributed by atoms with van der Waals surface area (Å²) >= 11 is 0. The van der Waals surface area contributed by atoms with Gasteiger partial charge in [-0.25, -0.2) is 0 Å². The van der Waals surface area contributed by atoms with E-state index in [4.69, 9.17) is 0 Å². The summed E-state index contributed by atoms with van der Waals surface area (Å²) in [6.45, 7) is 7.98. The molecule has 1 N–H and O–H groups in total. The zero-order valence-electron chi connectivity index (χ0n) is 5.28. The molecule has 0 aromatic carbocycles. The van der Waals surface area contributed by atoms with Crippen LogP contribution in [0.3, 0.4) is 0 Å². The Morgan fingerprint density at radius 2 is 2.00 bits per heavy atom. The minimum absolute atomic E-state index is 0.560. The van der Waals surface area contributed by atoms with Gasteiger partial charge in [-0.1, -0.05) is 20.4 Å². The van der Waals surface area contributed by atoms with Crippen LogP contribution in [-0.2, 0) is 0 Å². The Morgan fingerprint density at radius 1 is 1.57 bits per heavy atom. The Bertz CT molecular complexity index is 64.6. The van der Waals surface area contributed by atoms with Crippen molar-refractivity contribution in [3.05, 3.63) is 12.3 Å². The molecular weight excluding hydrogens is 86.1 g/mol. The van der Waals surface area contributed by atoms with Gasteiger partial charge in [-0.05, 0) is 5.92 Å². The molecule has 0 saturated heterocycles. The molecule has 0 amide bonds. The van der Waals surface area contributed by atoms with Crippen molar-refractivity contribution in [3.8, 4) is 0 Å². The molecule has 0 heterocycles. The highest BCUT2D eigenvalue weighted by molar-refractivity contribution is 4.92. The van der Waals surface area contributed by atoms with Crippen LogP contribution in [0.25, 0.3) is 0 Å². The van der Waals surface area contributed by atoms with Crippen molar-refractivity contribution in [2.45, 2.75) is 13.8 Å². The monoisotopic (exact) mass is 99.1 g/mol. The Balaban J connectivity index is 3.35. The smallest absolute Gasteiger partial charge is 0.00570 e. The van der Waals surface area contributed by atoms with E-state index in [1.165, 1.54) is 0 Å². The average Bonchev–Trinajstić information content (AvgIpc) is 1.65. The van der Waals surface area contributed by atoms with Gasteiger partial charge in [-0.2, -0.15) is 0 Å². The van der Waals surface area contributed by atoms with E-state index in [1.807, 2.05) is 7.05 Å². The van der Waals surface area contributed by atoms with E-state index in [2.05, 4.69) is 25.7 Å². The molecule has 0 atom stereocenters. The summed E-state index contributed by atoms with van der Waals surface area (Å²) in [5.41, 5.74) is 1.10. The molecule has 0 aliphatic rings. The molecule has 0 unspecified atom stereocenters. The van der Waals surface area contributed by atoms with Gasteiger partial charge in [0.25, 0.3) is 0 Å². The molecule has 0 spiro atoms. The number of nitrogens with one attached hydrogen (secondary N) is 1. The van der Waals surface area contributed by atoms with Crippen LogP contribution in [0.4, 0.5) is 0 Å². The van der Waals surface area contributed by atoms with E-state index in [-0.39, 0.29) is 0 Å². The van der Waals surface area contributed by atoms with E-state index in [0.29, 0.717) is 5.92 Å². The van der Waals surface area contributed by atoms with Crippen molar-refractivity contribution in [1.29, 1.82) is 0 Å². The van der Waals surface area contributed by atoms with Crippen molar-refractivity contribution in [1.82, 2.24) is 5.32 Å². The third-order valence-electron chi connectivity index (χ3n) is 1.02. The molecule has 0 radical (unpaired) electrons. The van der Waals surface area contributed by atoms with Gasteiger partial charge < -0.3 is 5.32 Å². The van der Waals surface area contributed by atoms with Crippen LogP contribution in [0.2, 0.25) is 0 Å². The van der Waals surface area contributed by atoms with E-state index >= 15 is 0 Å². The molecular formula is C6H13N. The number of allylic oxidation sites excluding steroid dienone is 1. The fourth-order valence-electron chi connectivity index (χ4n) is 0.289. The molecule has 7 heavy (non-hydrogen) atoms. The quantitative estimate of drug-likeness (QED) is 0.551. The van der Waals surface area contributed by atoms with E-state index in [1.54, 1.807) is 0 Å². The first-order valence-corrected chi connectivity index (χ1v) is 2.55. The van der Waals surface area contributed by atoms with Crippen LogP contribution >= 0.6 is 0 Å². The maximum atomic E-state index is 3.76. The van der Waals surface area contributed by atoms with Gasteiger partial charge in [-0.15, -0.1) is 0 Å². The van der Waals surface area contributed by atoms with Gasteiger partial charge in [0.15, 0.2) is 0 Å². The molecule has 0 aromatic rings. The molecule has 0 bridgehead atoms. The van der Waals surface area contributed by atoms with E-state index in [9.17, 15) is 0 Å². The normalized spacial score (nSPS) is 9.14. The van der Waals surface area contributed by atoms with Crippen LogP contribution in [0.1, 0.15) is 13.8 Å². The number of hydrogen-bond donors (Lipinski definition) is 1. The van der Waals surface area contributed by atoms with Gasteiger partial charge in [0.05, 0.1) is 0 Å². The van der Waals surface area contributed by atoms with Gasteiger partial charge in [0.1, 0.15) is 0 Å². The summed E-state index contributed by atoms with van der Waals surface area (Å²) in [5.74, 6) is 0.560. The van der Waals surface area contributed by atoms with Gasteiger partial charge >= 0.3 is 0 Å². The van der Waals surface area contributed by atoms with Crippen LogP contribution in [0.15, 0.2) is 12.3 Å². The van der Waals surface area contributed by atoms with Crippen molar-refractivity contribution in [3.63, 3.8) is 0 Å². The first-order chi connectivity index (χ1) is 3.18. The molecule has 0 aliphatic carbocycles. The molecule has 0 saturated carbocycles. The summed E-state index contributed by atoms with van der Waals surface area (Å²) in [4.78, 5) is 0. The second kappa shape index (κ2) is 2.67. The first-order valence-electron chi connectivity index (χ1n) is 2.55. The van der Waals surface area contributed by atoms with E-state index in [0.717, 1.165) is 5.70 Å². The summed E-state index contributed by atoms with van der Waals surface area (Å²) in [6, 6.07) is 0. The van der Waals surface area contributed by atoms with Gasteiger partial charge in [0.2, 0.25) is 0 Å². The van der Waals surface area contributed by atoms with Crippen LogP contribution in [0.5, 0.6) is 0 Å². The van der Waals surface area contributed by atoms with Crippen molar-refractivity contribution in [2.24, 2.45) is 5.92 Å². The lowest BCUT2D eigenvalue weighted by atomic mass is 10.2. The summed E-state index contributed by atoms with van der Waals surface area (Å²) in [5, 5.41) is 2.97. The molecule has 0 fully saturated rings. The zero-order valence-corrected chi connectivity index (χ0v) is 5.28. The Kier molecular flexibility index (Phi) is 2.49. The number of hydrogen-bond acceptors (Lipinski definition) is 1. The van der Waals surface area contributed by atoms with Crippen LogP contribution in [-0.4, -0.2) is 7.05 Å². The lowest BCUT2D eigenvalue weighted by Gasteiger charge is -2.05. The highest BCUT2D eigenvalue weighted by Gasteiger charge is 1.92. The SMILES string of the molecule is C=C(NC)C(C)C. The molecule has 1 heteroatoms. The number of rotatable bonds is 2. The largest absolute Gasteiger partial charge is 0.392 e. The minimum Gasteiger partial charge on any atom is -0.392 e. The Hall–Kier alpha value is -0.460. The summed E-state index contributed by atoms with van der Waals surface area (Å²) in [7, 11) is 1.89. The molecule has 0 aliphatic heterocycles. The maximum absolute atomic E-state index is 3.76. The van der Waals surface area contributed by atoms with Crippen molar-refractivity contribution in [2.75, 3.05) is 7.05 Å².